The Bertz CT molecular complexity index is 436. The summed E-state index contributed by atoms with van der Waals surface area (Å²) in [5.41, 5.74) is 1.29. The molecule has 118 valence electrons. The Morgan fingerprint density at radius 1 is 1.38 bits per heavy atom. The van der Waals surface area contributed by atoms with E-state index in [1.54, 1.807) is 31.4 Å². The second kappa shape index (κ2) is 9.31. The van der Waals surface area contributed by atoms with Crippen molar-refractivity contribution in [1.82, 2.24) is 9.88 Å². The number of nitrogens with zero attached hydrogens (tertiary/aromatic N) is 2. The maximum atomic E-state index is 12.2. The summed E-state index contributed by atoms with van der Waals surface area (Å²) >= 11 is 0. The number of methoxy groups -OCH3 is 2. The van der Waals surface area contributed by atoms with E-state index in [1.165, 1.54) is 0 Å². The Hall–Kier alpha value is -1.66. The first-order valence-corrected chi connectivity index (χ1v) is 7.17. The Balaban J connectivity index is 2.70. The third kappa shape index (κ3) is 5.32. The van der Waals surface area contributed by atoms with Crippen LogP contribution in [0.2, 0.25) is 0 Å². The van der Waals surface area contributed by atoms with Gasteiger partial charge < -0.3 is 19.7 Å². The Labute approximate surface area is 126 Å². The highest BCUT2D eigenvalue weighted by Crippen LogP contribution is 2.10. The minimum absolute atomic E-state index is 0.0369. The number of carbonyl (C=O) groups is 1. The maximum absolute atomic E-state index is 12.2. The number of rotatable bonds is 9. The molecule has 6 nitrogen and oxygen atoms in total. The highest BCUT2D eigenvalue weighted by Gasteiger charge is 2.14. The zero-order chi connectivity index (χ0) is 15.7. The zero-order valence-electron chi connectivity index (χ0n) is 13.3. The molecule has 0 aliphatic rings. The van der Waals surface area contributed by atoms with E-state index in [4.69, 9.17) is 9.47 Å². The van der Waals surface area contributed by atoms with Crippen LogP contribution in [0, 0.1) is 0 Å². The second-order valence-corrected chi connectivity index (χ2v) is 4.60. The first-order valence-electron chi connectivity index (χ1n) is 7.17. The molecule has 1 amide bonds. The van der Waals surface area contributed by atoms with Gasteiger partial charge in [0.25, 0.3) is 5.91 Å². The molecule has 21 heavy (non-hydrogen) atoms. The van der Waals surface area contributed by atoms with Gasteiger partial charge >= 0.3 is 0 Å². The van der Waals surface area contributed by atoms with Crippen molar-refractivity contribution in [2.45, 2.75) is 20.0 Å². The molecule has 0 aliphatic carbocycles. The molecule has 1 aromatic rings. The molecule has 1 rings (SSSR count). The van der Waals surface area contributed by atoms with Crippen molar-refractivity contribution in [3.05, 3.63) is 24.0 Å². The van der Waals surface area contributed by atoms with Crippen LogP contribution in [0.1, 0.15) is 24.3 Å². The van der Waals surface area contributed by atoms with Crippen LogP contribution in [0.15, 0.2) is 18.3 Å². The number of pyridine rings is 1. The SMILES string of the molecule is CCN(CC)C(=O)c1cc(NCC(COC)OC)ccn1. The number of hydrogen-bond donors (Lipinski definition) is 1. The van der Waals surface area contributed by atoms with Gasteiger partial charge in [-0.25, -0.2) is 0 Å². The van der Waals surface area contributed by atoms with E-state index < -0.39 is 0 Å². The lowest BCUT2D eigenvalue weighted by Gasteiger charge is -2.19. The Kier molecular flexibility index (Phi) is 7.71. The number of nitrogens with one attached hydrogen (secondary N) is 1. The monoisotopic (exact) mass is 295 g/mol. The summed E-state index contributed by atoms with van der Waals surface area (Å²) in [6, 6.07) is 3.60. The van der Waals surface area contributed by atoms with Crippen LogP contribution in [0.3, 0.4) is 0 Å². The van der Waals surface area contributed by atoms with Crippen LogP contribution in [0.4, 0.5) is 5.69 Å². The molecule has 6 heteroatoms. The molecule has 1 aromatic heterocycles. The molecule has 1 N–H and O–H groups in total. The summed E-state index contributed by atoms with van der Waals surface area (Å²) in [6.07, 6.45) is 1.60. The molecule has 1 heterocycles. The van der Waals surface area contributed by atoms with Gasteiger partial charge in [0.05, 0.1) is 12.7 Å². The van der Waals surface area contributed by atoms with E-state index in [1.807, 2.05) is 19.9 Å². The first-order chi connectivity index (χ1) is 10.2. The van der Waals surface area contributed by atoms with Crippen molar-refractivity contribution < 1.29 is 14.3 Å². The quantitative estimate of drug-likeness (QED) is 0.750. The summed E-state index contributed by atoms with van der Waals surface area (Å²) in [7, 11) is 3.28. The molecule has 1 unspecified atom stereocenters. The lowest BCUT2D eigenvalue weighted by atomic mass is 10.2. The fourth-order valence-corrected chi connectivity index (χ4v) is 1.96. The van der Waals surface area contributed by atoms with Gasteiger partial charge in [0.2, 0.25) is 0 Å². The number of hydrogen-bond acceptors (Lipinski definition) is 5. The molecular weight excluding hydrogens is 270 g/mol. The number of carbonyl (C=O) groups excluding carboxylic acids is 1. The van der Waals surface area contributed by atoms with Crippen molar-refractivity contribution in [3.8, 4) is 0 Å². The summed E-state index contributed by atoms with van der Waals surface area (Å²) in [4.78, 5) is 18.1. The summed E-state index contributed by atoms with van der Waals surface area (Å²) in [5.74, 6) is -0.0520. The Morgan fingerprint density at radius 3 is 2.67 bits per heavy atom. The van der Waals surface area contributed by atoms with Gasteiger partial charge in [0.15, 0.2) is 0 Å². The van der Waals surface area contributed by atoms with E-state index in [-0.39, 0.29) is 12.0 Å². The van der Waals surface area contributed by atoms with Crippen molar-refractivity contribution in [3.63, 3.8) is 0 Å². The van der Waals surface area contributed by atoms with Gasteiger partial charge in [0.1, 0.15) is 5.69 Å². The topological polar surface area (TPSA) is 63.7 Å². The Morgan fingerprint density at radius 2 is 2.10 bits per heavy atom. The van der Waals surface area contributed by atoms with Gasteiger partial charge in [-0.2, -0.15) is 0 Å². The molecule has 0 bridgehead atoms. The summed E-state index contributed by atoms with van der Waals surface area (Å²) < 4.78 is 10.4. The fourth-order valence-electron chi connectivity index (χ4n) is 1.96. The molecule has 0 saturated carbocycles. The van der Waals surface area contributed by atoms with Gasteiger partial charge in [0, 0.05) is 45.7 Å². The molecule has 0 radical (unpaired) electrons. The third-order valence-electron chi connectivity index (χ3n) is 3.25. The van der Waals surface area contributed by atoms with Crippen molar-refractivity contribution in [2.24, 2.45) is 0 Å². The highest BCUT2D eigenvalue weighted by atomic mass is 16.5. The number of aromatic nitrogens is 1. The van der Waals surface area contributed by atoms with Crippen LogP contribution in [0.25, 0.3) is 0 Å². The van der Waals surface area contributed by atoms with E-state index in [9.17, 15) is 4.79 Å². The first kappa shape index (κ1) is 17.4. The van der Waals surface area contributed by atoms with Gasteiger partial charge in [-0.1, -0.05) is 0 Å². The second-order valence-electron chi connectivity index (χ2n) is 4.60. The van der Waals surface area contributed by atoms with Crippen LogP contribution in [-0.4, -0.2) is 62.4 Å². The average Bonchev–Trinajstić information content (AvgIpc) is 2.52. The van der Waals surface area contributed by atoms with E-state index in [2.05, 4.69) is 10.3 Å². The summed E-state index contributed by atoms with van der Waals surface area (Å²) in [5, 5.41) is 3.23. The minimum atomic E-state index is -0.0520. The molecular formula is C15H25N3O3. The summed E-state index contributed by atoms with van der Waals surface area (Å²) in [6.45, 7) is 6.38. The van der Waals surface area contributed by atoms with Crippen LogP contribution >= 0.6 is 0 Å². The van der Waals surface area contributed by atoms with E-state index in [0.29, 0.717) is 31.9 Å². The van der Waals surface area contributed by atoms with E-state index >= 15 is 0 Å². The standard InChI is InChI=1S/C15H25N3O3/c1-5-18(6-2)15(19)14-9-12(7-8-16-14)17-10-13(21-4)11-20-3/h7-9,13H,5-6,10-11H2,1-4H3,(H,16,17). The average molecular weight is 295 g/mol. The minimum Gasteiger partial charge on any atom is -0.382 e. The lowest BCUT2D eigenvalue weighted by Crippen LogP contribution is -2.31. The number of anilines is 1. The molecule has 1 atom stereocenters. The van der Waals surface area contributed by atoms with Crippen LogP contribution < -0.4 is 5.32 Å². The molecule has 0 spiro atoms. The van der Waals surface area contributed by atoms with Crippen molar-refractivity contribution in [1.29, 1.82) is 0 Å². The van der Waals surface area contributed by atoms with Gasteiger partial charge in [-0.05, 0) is 26.0 Å². The molecule has 0 aromatic carbocycles. The maximum Gasteiger partial charge on any atom is 0.272 e. The number of ether oxygens (including phenoxy) is 2. The molecule has 0 saturated heterocycles. The highest BCUT2D eigenvalue weighted by molar-refractivity contribution is 5.93. The normalized spacial score (nSPS) is 12.0. The fraction of sp³-hybridized carbons (Fsp3) is 0.600. The third-order valence-corrected chi connectivity index (χ3v) is 3.25. The molecule has 0 fully saturated rings. The van der Waals surface area contributed by atoms with Crippen molar-refractivity contribution >= 4 is 11.6 Å². The predicted molar refractivity (Wildman–Crippen MR) is 82.7 cm³/mol. The van der Waals surface area contributed by atoms with Crippen molar-refractivity contribution in [2.75, 3.05) is 45.8 Å². The van der Waals surface area contributed by atoms with E-state index in [0.717, 1.165) is 5.69 Å². The van der Waals surface area contributed by atoms with Crippen LogP contribution in [-0.2, 0) is 9.47 Å². The molecule has 0 aliphatic heterocycles. The largest absolute Gasteiger partial charge is 0.382 e. The van der Waals surface area contributed by atoms with Gasteiger partial charge in [-0.3, -0.25) is 9.78 Å². The number of amides is 1. The lowest BCUT2D eigenvalue weighted by molar-refractivity contribution is 0.0365. The van der Waals surface area contributed by atoms with Crippen LogP contribution in [0.5, 0.6) is 0 Å². The van der Waals surface area contributed by atoms with Gasteiger partial charge in [-0.15, -0.1) is 0 Å². The predicted octanol–water partition coefficient (Wildman–Crippen LogP) is 1.64. The zero-order valence-corrected chi connectivity index (χ0v) is 13.3. The smallest absolute Gasteiger partial charge is 0.272 e.